The van der Waals surface area contributed by atoms with E-state index in [9.17, 15) is 10.0 Å². The van der Waals surface area contributed by atoms with Crippen molar-refractivity contribution >= 4 is 11.5 Å². The molecule has 0 bridgehead atoms. The molecular formula is C15H15NO2. The smallest absolute Gasteiger partial charge is 0.187 e. The third kappa shape index (κ3) is 2.57. The summed E-state index contributed by atoms with van der Waals surface area (Å²) in [7, 11) is 0. The number of ketones is 1. The van der Waals surface area contributed by atoms with Crippen LogP contribution in [0.2, 0.25) is 0 Å². The van der Waals surface area contributed by atoms with Gasteiger partial charge in [0.1, 0.15) is 0 Å². The lowest BCUT2D eigenvalue weighted by Gasteiger charge is -2.16. The van der Waals surface area contributed by atoms with E-state index >= 15 is 0 Å². The van der Waals surface area contributed by atoms with Crippen LogP contribution in [0.5, 0.6) is 0 Å². The first kappa shape index (κ1) is 12.3. The number of carbonyl (C=O) groups excluding carboxylic acids is 1. The van der Waals surface area contributed by atoms with Crippen molar-refractivity contribution in [1.82, 2.24) is 0 Å². The van der Waals surface area contributed by atoms with Gasteiger partial charge in [0.2, 0.25) is 0 Å². The van der Waals surface area contributed by atoms with Gasteiger partial charge in [0.15, 0.2) is 5.78 Å². The number of nitrogens with zero attached hydrogens (tertiary/aromatic N) is 1. The summed E-state index contributed by atoms with van der Waals surface area (Å²) < 4.78 is 0. The lowest BCUT2D eigenvalue weighted by Crippen LogP contribution is -2.14. The van der Waals surface area contributed by atoms with Crippen LogP contribution in [0.25, 0.3) is 0 Å². The van der Waals surface area contributed by atoms with Crippen LogP contribution in [0.1, 0.15) is 11.1 Å². The number of hydrogen-bond donors (Lipinski definition) is 1. The van der Waals surface area contributed by atoms with E-state index in [2.05, 4.69) is 0 Å². The van der Waals surface area contributed by atoms with E-state index < -0.39 is 0 Å². The molecule has 0 fully saturated rings. The van der Waals surface area contributed by atoms with Crippen LogP contribution in [0.4, 0.5) is 5.69 Å². The Bertz CT molecular complexity index is 568. The molecule has 0 radical (unpaired) electrons. The van der Waals surface area contributed by atoms with Crippen molar-refractivity contribution in [3.05, 3.63) is 65.4 Å². The molecule has 0 aliphatic heterocycles. The molecule has 92 valence electrons. The average Bonchev–Trinajstić information content (AvgIpc) is 2.32. The Morgan fingerprint density at radius 1 is 1.17 bits per heavy atom. The number of allylic oxidation sites excluding steroid dienone is 5. The number of hydrogen-bond acceptors (Lipinski definition) is 3. The summed E-state index contributed by atoms with van der Waals surface area (Å²) in [5.74, 6) is -0.110. The SMILES string of the molecule is Cc1ccc(N(O)/C=C2/C=CC=CC2=O)c(C)c1. The molecule has 0 unspecified atom stereocenters. The van der Waals surface area contributed by atoms with Gasteiger partial charge in [0.05, 0.1) is 5.69 Å². The van der Waals surface area contributed by atoms with Crippen molar-refractivity contribution in [2.24, 2.45) is 0 Å². The molecule has 1 N–H and O–H groups in total. The molecule has 0 heterocycles. The van der Waals surface area contributed by atoms with Gasteiger partial charge in [-0.1, -0.05) is 29.8 Å². The molecule has 3 heteroatoms. The molecule has 0 spiro atoms. The molecule has 18 heavy (non-hydrogen) atoms. The van der Waals surface area contributed by atoms with Gasteiger partial charge in [0, 0.05) is 11.8 Å². The van der Waals surface area contributed by atoms with Crippen molar-refractivity contribution < 1.29 is 10.0 Å². The van der Waals surface area contributed by atoms with Crippen LogP contribution in [0.15, 0.2) is 54.3 Å². The van der Waals surface area contributed by atoms with E-state index in [1.807, 2.05) is 32.0 Å². The van der Waals surface area contributed by atoms with Crippen molar-refractivity contribution in [2.45, 2.75) is 13.8 Å². The zero-order valence-electron chi connectivity index (χ0n) is 10.4. The molecular weight excluding hydrogens is 226 g/mol. The van der Waals surface area contributed by atoms with Crippen LogP contribution in [0.3, 0.4) is 0 Å². The van der Waals surface area contributed by atoms with Gasteiger partial charge < -0.3 is 0 Å². The Labute approximate surface area is 106 Å². The van der Waals surface area contributed by atoms with Crippen LogP contribution >= 0.6 is 0 Å². The monoisotopic (exact) mass is 241 g/mol. The molecule has 0 atom stereocenters. The minimum atomic E-state index is -0.110. The Morgan fingerprint density at radius 3 is 2.56 bits per heavy atom. The Morgan fingerprint density at radius 2 is 1.89 bits per heavy atom. The predicted octanol–water partition coefficient (Wildman–Crippen LogP) is 3.08. The minimum absolute atomic E-state index is 0.110. The highest BCUT2D eigenvalue weighted by Gasteiger charge is 2.09. The molecule has 0 aromatic heterocycles. The second-order valence-electron chi connectivity index (χ2n) is 4.30. The van der Waals surface area contributed by atoms with Gasteiger partial charge in [-0.3, -0.25) is 10.0 Å². The van der Waals surface area contributed by atoms with Gasteiger partial charge in [0.25, 0.3) is 0 Å². The maximum Gasteiger partial charge on any atom is 0.187 e. The molecule has 0 amide bonds. The summed E-state index contributed by atoms with van der Waals surface area (Å²) in [5, 5.41) is 11.0. The second kappa shape index (κ2) is 5.02. The summed E-state index contributed by atoms with van der Waals surface area (Å²) in [6.45, 7) is 3.91. The quantitative estimate of drug-likeness (QED) is 0.639. The third-order valence-corrected chi connectivity index (χ3v) is 2.78. The summed E-state index contributed by atoms with van der Waals surface area (Å²) in [4.78, 5) is 11.6. The first-order valence-corrected chi connectivity index (χ1v) is 5.74. The number of rotatable bonds is 2. The molecule has 1 aliphatic carbocycles. The van der Waals surface area contributed by atoms with E-state index in [1.54, 1.807) is 18.2 Å². The van der Waals surface area contributed by atoms with Gasteiger partial charge in [-0.2, -0.15) is 0 Å². The van der Waals surface area contributed by atoms with Crippen molar-refractivity contribution in [2.75, 3.05) is 5.06 Å². The van der Waals surface area contributed by atoms with Gasteiger partial charge in [-0.25, -0.2) is 5.06 Å². The van der Waals surface area contributed by atoms with Gasteiger partial charge in [-0.05, 0) is 37.6 Å². The van der Waals surface area contributed by atoms with E-state index in [1.165, 1.54) is 12.3 Å². The molecule has 1 aromatic carbocycles. The fraction of sp³-hybridized carbons (Fsp3) is 0.133. The number of aryl methyl sites for hydroxylation is 2. The highest BCUT2D eigenvalue weighted by Crippen LogP contribution is 2.21. The molecule has 2 rings (SSSR count). The number of hydroxylamine groups is 1. The summed E-state index contributed by atoms with van der Waals surface area (Å²) in [6.07, 6.45) is 8.03. The number of carbonyl (C=O) groups is 1. The highest BCUT2D eigenvalue weighted by atomic mass is 16.5. The maximum absolute atomic E-state index is 11.6. The Balaban J connectivity index is 2.29. The van der Waals surface area contributed by atoms with E-state index in [-0.39, 0.29) is 5.78 Å². The van der Waals surface area contributed by atoms with Crippen molar-refractivity contribution in [3.63, 3.8) is 0 Å². The second-order valence-corrected chi connectivity index (χ2v) is 4.30. The normalized spacial score (nSPS) is 16.4. The standard InChI is InChI=1S/C15H15NO2/c1-11-7-8-14(12(2)9-11)16(18)10-13-5-3-4-6-15(13)17/h3-10,18H,1-2H3/b13-10-. The third-order valence-electron chi connectivity index (χ3n) is 2.78. The Kier molecular flexibility index (Phi) is 3.44. The molecule has 1 aliphatic rings. The summed E-state index contributed by atoms with van der Waals surface area (Å²) in [5.41, 5.74) is 3.22. The van der Waals surface area contributed by atoms with Crippen LogP contribution in [-0.2, 0) is 4.79 Å². The predicted molar refractivity (Wildman–Crippen MR) is 71.6 cm³/mol. The van der Waals surface area contributed by atoms with Crippen LogP contribution in [-0.4, -0.2) is 11.0 Å². The highest BCUT2D eigenvalue weighted by molar-refractivity contribution is 6.07. The summed E-state index contributed by atoms with van der Waals surface area (Å²) >= 11 is 0. The molecule has 0 saturated carbocycles. The maximum atomic E-state index is 11.6. The first-order valence-electron chi connectivity index (χ1n) is 5.74. The van der Waals surface area contributed by atoms with E-state index in [0.29, 0.717) is 11.3 Å². The average molecular weight is 241 g/mol. The summed E-state index contributed by atoms with van der Waals surface area (Å²) in [6, 6.07) is 5.73. The van der Waals surface area contributed by atoms with Gasteiger partial charge in [-0.15, -0.1) is 0 Å². The van der Waals surface area contributed by atoms with Crippen LogP contribution < -0.4 is 5.06 Å². The number of anilines is 1. The largest absolute Gasteiger partial charge is 0.289 e. The fourth-order valence-corrected chi connectivity index (χ4v) is 1.85. The topological polar surface area (TPSA) is 40.5 Å². The zero-order valence-corrected chi connectivity index (χ0v) is 10.4. The number of benzene rings is 1. The van der Waals surface area contributed by atoms with Crippen LogP contribution in [0, 0.1) is 13.8 Å². The van der Waals surface area contributed by atoms with E-state index in [4.69, 9.17) is 0 Å². The lowest BCUT2D eigenvalue weighted by molar-refractivity contribution is -0.111. The van der Waals surface area contributed by atoms with Crippen molar-refractivity contribution in [3.8, 4) is 0 Å². The Hall–Kier alpha value is -2.13. The minimum Gasteiger partial charge on any atom is -0.289 e. The lowest BCUT2D eigenvalue weighted by atomic mass is 10.1. The molecule has 3 nitrogen and oxygen atoms in total. The molecule has 1 aromatic rings. The van der Waals surface area contributed by atoms with E-state index in [0.717, 1.165) is 16.2 Å². The molecule has 0 saturated heterocycles. The first-order chi connectivity index (χ1) is 8.58. The van der Waals surface area contributed by atoms with Crippen molar-refractivity contribution in [1.29, 1.82) is 0 Å². The fourth-order valence-electron chi connectivity index (χ4n) is 1.85. The zero-order chi connectivity index (χ0) is 13.1. The van der Waals surface area contributed by atoms with Gasteiger partial charge >= 0.3 is 0 Å².